The fourth-order valence-electron chi connectivity index (χ4n) is 1.65. The molecule has 1 amide bonds. The number of aromatic amines is 1. The summed E-state index contributed by atoms with van der Waals surface area (Å²) in [5, 5.41) is 20.8. The maximum atomic E-state index is 11.8. The molecule has 0 saturated carbocycles. The van der Waals surface area contributed by atoms with Crippen molar-refractivity contribution in [3.05, 3.63) is 36.0 Å². The molecule has 2 aromatic rings. The van der Waals surface area contributed by atoms with E-state index in [1.54, 1.807) is 18.3 Å². The van der Waals surface area contributed by atoms with Crippen molar-refractivity contribution in [1.82, 2.24) is 10.3 Å². The highest BCUT2D eigenvalue weighted by molar-refractivity contribution is 6.05. The van der Waals surface area contributed by atoms with Gasteiger partial charge in [0.1, 0.15) is 0 Å². The molecule has 0 unspecified atom stereocenters. The highest BCUT2D eigenvalue weighted by Gasteiger charge is 2.16. The molecule has 4 N–H and O–H groups in total. The Bertz CT molecular complexity index is 591. The number of carboxylic acid groups (broad SMARTS) is 1. The number of hydrogen-bond acceptors (Lipinski definition) is 3. The van der Waals surface area contributed by atoms with Gasteiger partial charge in [0.15, 0.2) is 6.10 Å². The molecule has 0 aliphatic carbocycles. The molecule has 0 radical (unpaired) electrons. The van der Waals surface area contributed by atoms with Crippen molar-refractivity contribution in [1.29, 1.82) is 0 Å². The Morgan fingerprint density at radius 3 is 2.83 bits per heavy atom. The van der Waals surface area contributed by atoms with E-state index < -0.39 is 18.0 Å². The molecule has 1 atom stereocenters. The van der Waals surface area contributed by atoms with Gasteiger partial charge in [-0.05, 0) is 12.1 Å². The fourth-order valence-corrected chi connectivity index (χ4v) is 1.65. The molecule has 0 spiro atoms. The predicted molar refractivity (Wildman–Crippen MR) is 64.3 cm³/mol. The van der Waals surface area contributed by atoms with Gasteiger partial charge in [-0.15, -0.1) is 0 Å². The van der Waals surface area contributed by atoms with Crippen LogP contribution in [0.3, 0.4) is 0 Å². The van der Waals surface area contributed by atoms with Gasteiger partial charge in [0.25, 0.3) is 5.91 Å². The molecule has 0 bridgehead atoms. The third kappa shape index (κ3) is 2.33. The summed E-state index contributed by atoms with van der Waals surface area (Å²) in [6, 6.07) is 7.05. The van der Waals surface area contributed by atoms with Crippen LogP contribution < -0.4 is 5.32 Å². The van der Waals surface area contributed by atoms with Gasteiger partial charge in [0, 0.05) is 11.6 Å². The van der Waals surface area contributed by atoms with E-state index in [1.165, 1.54) is 0 Å². The number of aromatic nitrogens is 1. The van der Waals surface area contributed by atoms with E-state index in [2.05, 4.69) is 10.3 Å². The van der Waals surface area contributed by atoms with Crippen LogP contribution in [0.1, 0.15) is 10.4 Å². The number of rotatable bonds is 4. The first-order chi connectivity index (χ1) is 8.59. The quantitative estimate of drug-likeness (QED) is 0.626. The lowest BCUT2D eigenvalue weighted by Gasteiger charge is -2.08. The number of carbonyl (C=O) groups excluding carboxylic acids is 1. The van der Waals surface area contributed by atoms with Crippen LogP contribution in [0, 0.1) is 0 Å². The van der Waals surface area contributed by atoms with Gasteiger partial charge in [-0.25, -0.2) is 4.79 Å². The van der Waals surface area contributed by atoms with Crippen molar-refractivity contribution in [2.75, 3.05) is 6.54 Å². The molecule has 6 heteroatoms. The van der Waals surface area contributed by atoms with Crippen LogP contribution in [0.25, 0.3) is 10.9 Å². The highest BCUT2D eigenvalue weighted by Crippen LogP contribution is 2.16. The van der Waals surface area contributed by atoms with E-state index in [9.17, 15) is 9.59 Å². The van der Waals surface area contributed by atoms with Crippen molar-refractivity contribution in [3.63, 3.8) is 0 Å². The molecular weight excluding hydrogens is 236 g/mol. The van der Waals surface area contributed by atoms with Gasteiger partial charge in [0.05, 0.1) is 17.6 Å². The number of hydrogen-bond donors (Lipinski definition) is 4. The van der Waals surface area contributed by atoms with Gasteiger partial charge in [0.2, 0.25) is 0 Å². The Morgan fingerprint density at radius 2 is 2.11 bits per heavy atom. The number of aliphatic hydroxyl groups is 1. The zero-order valence-electron chi connectivity index (χ0n) is 9.38. The zero-order chi connectivity index (χ0) is 13.1. The Morgan fingerprint density at radius 1 is 1.33 bits per heavy atom. The summed E-state index contributed by atoms with van der Waals surface area (Å²) in [5.41, 5.74) is 1.09. The molecule has 18 heavy (non-hydrogen) atoms. The summed E-state index contributed by atoms with van der Waals surface area (Å²) in [5.74, 6) is -1.79. The van der Waals surface area contributed by atoms with E-state index in [0.29, 0.717) is 11.1 Å². The fraction of sp³-hybridized carbons (Fsp3) is 0.167. The summed E-state index contributed by atoms with van der Waals surface area (Å²) in [7, 11) is 0. The Labute approximate surface area is 102 Å². The topological polar surface area (TPSA) is 102 Å². The molecule has 0 aliphatic rings. The summed E-state index contributed by atoms with van der Waals surface area (Å²) in [6.07, 6.45) is 0.116. The predicted octanol–water partition coefficient (Wildman–Crippen LogP) is 0.343. The maximum absolute atomic E-state index is 11.8. The lowest BCUT2D eigenvalue weighted by Crippen LogP contribution is -2.36. The number of amides is 1. The second kappa shape index (κ2) is 4.89. The van der Waals surface area contributed by atoms with Crippen molar-refractivity contribution in [2.24, 2.45) is 0 Å². The van der Waals surface area contributed by atoms with Crippen LogP contribution in [0.5, 0.6) is 0 Å². The third-order valence-electron chi connectivity index (χ3n) is 2.57. The average molecular weight is 248 g/mol. The summed E-state index contributed by atoms with van der Waals surface area (Å²) < 4.78 is 0. The van der Waals surface area contributed by atoms with E-state index in [1.807, 2.05) is 12.1 Å². The van der Waals surface area contributed by atoms with E-state index in [4.69, 9.17) is 10.2 Å². The van der Waals surface area contributed by atoms with E-state index >= 15 is 0 Å². The summed E-state index contributed by atoms with van der Waals surface area (Å²) >= 11 is 0. The minimum Gasteiger partial charge on any atom is -0.479 e. The van der Waals surface area contributed by atoms with Crippen molar-refractivity contribution >= 4 is 22.8 Å². The number of carbonyl (C=O) groups is 2. The van der Waals surface area contributed by atoms with Gasteiger partial charge in [-0.3, -0.25) is 4.79 Å². The monoisotopic (exact) mass is 248 g/mol. The first kappa shape index (κ1) is 12.1. The molecule has 2 rings (SSSR count). The molecular formula is C12H12N2O4. The Kier molecular flexibility index (Phi) is 3.29. The standard InChI is InChI=1S/C12H12N2O4/c15-9(12(17)18)6-14-11(16)8-3-1-2-7-4-5-13-10(7)8/h1-5,9,13,15H,6H2,(H,14,16)(H,17,18)/t9-/m0/s1. The molecule has 1 heterocycles. The number of aliphatic hydroxyl groups excluding tert-OH is 1. The summed E-state index contributed by atoms with van der Waals surface area (Å²) in [6.45, 7) is -0.328. The number of aliphatic carboxylic acids is 1. The SMILES string of the molecule is O=C(NC[C@H](O)C(=O)O)c1cccc2cc[nH]c12. The maximum Gasteiger partial charge on any atom is 0.334 e. The lowest BCUT2D eigenvalue weighted by atomic mass is 10.1. The summed E-state index contributed by atoms with van der Waals surface area (Å²) in [4.78, 5) is 25.2. The number of nitrogens with one attached hydrogen (secondary N) is 2. The highest BCUT2D eigenvalue weighted by atomic mass is 16.4. The largest absolute Gasteiger partial charge is 0.479 e. The molecule has 94 valence electrons. The number of H-pyrrole nitrogens is 1. The van der Waals surface area contributed by atoms with Crippen LogP contribution in [0.4, 0.5) is 0 Å². The van der Waals surface area contributed by atoms with Crippen molar-refractivity contribution in [3.8, 4) is 0 Å². The van der Waals surface area contributed by atoms with E-state index in [-0.39, 0.29) is 6.54 Å². The first-order valence-electron chi connectivity index (χ1n) is 5.35. The average Bonchev–Trinajstić information content (AvgIpc) is 2.83. The normalized spacial score (nSPS) is 12.3. The number of benzene rings is 1. The smallest absolute Gasteiger partial charge is 0.334 e. The van der Waals surface area contributed by atoms with Crippen molar-refractivity contribution in [2.45, 2.75) is 6.10 Å². The van der Waals surface area contributed by atoms with Crippen LogP contribution in [-0.2, 0) is 4.79 Å². The van der Waals surface area contributed by atoms with Crippen LogP contribution >= 0.6 is 0 Å². The van der Waals surface area contributed by atoms with Crippen LogP contribution in [-0.4, -0.2) is 39.7 Å². The molecule has 0 saturated heterocycles. The van der Waals surface area contributed by atoms with Gasteiger partial charge < -0.3 is 20.5 Å². The molecule has 6 nitrogen and oxygen atoms in total. The molecule has 1 aromatic heterocycles. The van der Waals surface area contributed by atoms with E-state index in [0.717, 1.165) is 5.39 Å². The van der Waals surface area contributed by atoms with Gasteiger partial charge in [-0.1, -0.05) is 12.1 Å². The van der Waals surface area contributed by atoms with Gasteiger partial charge in [-0.2, -0.15) is 0 Å². The third-order valence-corrected chi connectivity index (χ3v) is 2.57. The van der Waals surface area contributed by atoms with Crippen LogP contribution in [0.2, 0.25) is 0 Å². The minimum absolute atomic E-state index is 0.328. The number of para-hydroxylation sites is 1. The Hall–Kier alpha value is -2.34. The molecule has 1 aromatic carbocycles. The van der Waals surface area contributed by atoms with Crippen molar-refractivity contribution < 1.29 is 19.8 Å². The lowest BCUT2D eigenvalue weighted by molar-refractivity contribution is -0.146. The second-order valence-electron chi connectivity index (χ2n) is 3.81. The molecule has 0 aliphatic heterocycles. The first-order valence-corrected chi connectivity index (χ1v) is 5.35. The van der Waals surface area contributed by atoms with Crippen LogP contribution in [0.15, 0.2) is 30.5 Å². The number of fused-ring (bicyclic) bond motifs is 1. The zero-order valence-corrected chi connectivity index (χ0v) is 9.38. The van der Waals surface area contributed by atoms with Gasteiger partial charge >= 0.3 is 5.97 Å². The second-order valence-corrected chi connectivity index (χ2v) is 3.81. The number of carboxylic acids is 1. The minimum atomic E-state index is -1.60. The Balaban J connectivity index is 2.14. The molecule has 0 fully saturated rings.